The van der Waals surface area contributed by atoms with Gasteiger partial charge in [-0.2, -0.15) is 5.26 Å². The van der Waals surface area contributed by atoms with E-state index >= 15 is 0 Å². The molecule has 0 aliphatic rings. The topological polar surface area (TPSA) is 105 Å². The fourth-order valence-electron chi connectivity index (χ4n) is 2.30. The first-order valence-electron chi connectivity index (χ1n) is 7.88. The number of nitriles is 1. The lowest BCUT2D eigenvalue weighted by Gasteiger charge is -2.24. The first-order chi connectivity index (χ1) is 11.9. The Kier molecular flexibility index (Phi) is 7.60. The van der Waals surface area contributed by atoms with Crippen LogP contribution in [0.25, 0.3) is 0 Å². The maximum atomic E-state index is 12.3. The molecule has 7 heteroatoms. The van der Waals surface area contributed by atoms with Gasteiger partial charge in [-0.3, -0.25) is 9.59 Å². The predicted molar refractivity (Wildman–Crippen MR) is 89.7 cm³/mol. The highest BCUT2D eigenvalue weighted by atomic mass is 16.5. The smallest absolute Gasteiger partial charge is 0.347 e. The molecule has 0 aliphatic carbocycles. The lowest BCUT2D eigenvalue weighted by atomic mass is 9.92. The largest absolute Gasteiger partial charge is 0.497 e. The number of hydrogen-bond donors (Lipinski definition) is 1. The molecule has 0 heterocycles. The zero-order chi connectivity index (χ0) is 18.9. The van der Waals surface area contributed by atoms with Gasteiger partial charge in [0.1, 0.15) is 17.6 Å². The second-order valence-electron chi connectivity index (χ2n) is 5.48. The summed E-state index contributed by atoms with van der Waals surface area (Å²) in [5.74, 6) is -1.12. The van der Waals surface area contributed by atoms with E-state index in [9.17, 15) is 19.6 Å². The van der Waals surface area contributed by atoms with Gasteiger partial charge in [0.25, 0.3) is 0 Å². The summed E-state index contributed by atoms with van der Waals surface area (Å²) in [7, 11) is 1.57. The molecule has 1 aromatic rings. The molecule has 0 aromatic heterocycles. The Labute approximate surface area is 146 Å². The Bertz CT molecular complexity index is 663. The molecule has 0 aliphatic heterocycles. The molecule has 0 radical (unpaired) electrons. The molecule has 0 fully saturated rings. The molecule has 7 nitrogen and oxygen atoms in total. The molecule has 0 spiro atoms. The molecule has 0 bridgehead atoms. The van der Waals surface area contributed by atoms with Gasteiger partial charge in [-0.15, -0.1) is 0 Å². The third kappa shape index (κ3) is 5.92. The van der Waals surface area contributed by atoms with Gasteiger partial charge in [-0.1, -0.05) is 12.1 Å². The number of rotatable bonds is 9. The number of nitrogens with one attached hydrogen (secondary N) is 1. The van der Waals surface area contributed by atoms with Crippen molar-refractivity contribution < 1.29 is 23.9 Å². The zero-order valence-electron chi connectivity index (χ0n) is 14.6. The number of ether oxygens (including phenoxy) is 2. The molecule has 25 heavy (non-hydrogen) atoms. The first kappa shape index (κ1) is 20.2. The van der Waals surface area contributed by atoms with E-state index in [2.05, 4.69) is 5.32 Å². The van der Waals surface area contributed by atoms with Crippen molar-refractivity contribution in [2.24, 2.45) is 0 Å². The molecule has 0 saturated carbocycles. The van der Waals surface area contributed by atoms with Crippen LogP contribution in [0.5, 0.6) is 5.75 Å². The number of ketones is 1. The van der Waals surface area contributed by atoms with Gasteiger partial charge in [-0.05, 0) is 31.0 Å². The molecule has 134 valence electrons. The van der Waals surface area contributed by atoms with Crippen LogP contribution in [-0.2, 0) is 25.5 Å². The number of amides is 1. The van der Waals surface area contributed by atoms with Crippen molar-refractivity contribution in [3.05, 3.63) is 29.8 Å². The molecule has 1 aromatic carbocycles. The SMILES string of the molecule is CCOC(=O)C(C#N)(CC(=O)CCc1ccc(OC)cc1)NC(C)=O. The number of carbonyl (C=O) groups is 3. The van der Waals surface area contributed by atoms with Crippen LogP contribution in [0.4, 0.5) is 0 Å². The average Bonchev–Trinajstić information content (AvgIpc) is 2.59. The van der Waals surface area contributed by atoms with Crippen molar-refractivity contribution in [1.82, 2.24) is 5.32 Å². The summed E-state index contributed by atoms with van der Waals surface area (Å²) in [6.45, 7) is 2.80. The van der Waals surface area contributed by atoms with Crippen LogP contribution >= 0.6 is 0 Å². The molecule has 1 N–H and O–H groups in total. The van der Waals surface area contributed by atoms with Crippen LogP contribution in [0.2, 0.25) is 0 Å². The number of Topliss-reactive ketones (excluding diaryl/α,β-unsaturated/α-hetero) is 1. The molecule has 1 atom stereocenters. The van der Waals surface area contributed by atoms with E-state index in [1.54, 1.807) is 32.2 Å². The van der Waals surface area contributed by atoms with Gasteiger partial charge < -0.3 is 14.8 Å². The fourth-order valence-corrected chi connectivity index (χ4v) is 2.30. The minimum Gasteiger partial charge on any atom is -0.497 e. The highest BCUT2D eigenvalue weighted by Gasteiger charge is 2.43. The molecule has 1 unspecified atom stereocenters. The Balaban J connectivity index is 2.78. The van der Waals surface area contributed by atoms with Crippen molar-refractivity contribution in [2.45, 2.75) is 38.6 Å². The lowest BCUT2D eigenvalue weighted by molar-refractivity contribution is -0.152. The number of methoxy groups -OCH3 is 1. The Morgan fingerprint density at radius 3 is 2.36 bits per heavy atom. The molecule has 0 saturated heterocycles. The number of carbonyl (C=O) groups excluding carboxylic acids is 3. The molecule has 1 amide bonds. The quantitative estimate of drug-likeness (QED) is 0.680. The van der Waals surface area contributed by atoms with Gasteiger partial charge in [0, 0.05) is 13.3 Å². The second kappa shape index (κ2) is 9.42. The van der Waals surface area contributed by atoms with Gasteiger partial charge >= 0.3 is 5.97 Å². The van der Waals surface area contributed by atoms with Gasteiger partial charge in [0.15, 0.2) is 0 Å². The standard InChI is InChI=1S/C18H22N2O5/c1-4-25-17(23)18(12-19,20-13(2)21)11-15(22)8-5-14-6-9-16(24-3)10-7-14/h6-7,9-10H,4-5,8,11H2,1-3H3,(H,20,21). The van der Waals surface area contributed by atoms with Gasteiger partial charge in [0.2, 0.25) is 11.4 Å². The average molecular weight is 346 g/mol. The minimum atomic E-state index is -1.99. The van der Waals surface area contributed by atoms with Crippen molar-refractivity contribution in [2.75, 3.05) is 13.7 Å². The van der Waals surface area contributed by atoms with Crippen LogP contribution < -0.4 is 10.1 Å². The molecular weight excluding hydrogens is 324 g/mol. The summed E-state index contributed by atoms with van der Waals surface area (Å²) < 4.78 is 9.91. The van der Waals surface area contributed by atoms with Gasteiger partial charge in [0.05, 0.1) is 20.1 Å². The number of benzene rings is 1. The number of hydrogen-bond acceptors (Lipinski definition) is 6. The van der Waals surface area contributed by atoms with Crippen LogP contribution in [0, 0.1) is 11.3 Å². The van der Waals surface area contributed by atoms with Crippen LogP contribution in [0.15, 0.2) is 24.3 Å². The summed E-state index contributed by atoms with van der Waals surface area (Å²) in [4.78, 5) is 35.7. The van der Waals surface area contributed by atoms with Crippen molar-refractivity contribution in [3.8, 4) is 11.8 Å². The van der Waals surface area contributed by atoms with E-state index in [1.807, 2.05) is 12.1 Å². The van der Waals surface area contributed by atoms with E-state index in [4.69, 9.17) is 9.47 Å². The third-order valence-corrected chi connectivity index (χ3v) is 3.52. The number of esters is 1. The number of nitrogens with zero attached hydrogens (tertiary/aromatic N) is 1. The summed E-state index contributed by atoms with van der Waals surface area (Å²) in [6, 6.07) is 8.98. The first-order valence-corrected chi connectivity index (χ1v) is 7.88. The summed E-state index contributed by atoms with van der Waals surface area (Å²) in [5, 5.41) is 11.6. The van der Waals surface area contributed by atoms with E-state index in [-0.39, 0.29) is 18.8 Å². The van der Waals surface area contributed by atoms with E-state index in [0.717, 1.165) is 5.56 Å². The molecular formula is C18H22N2O5. The lowest BCUT2D eigenvalue weighted by Crippen LogP contribution is -2.55. The maximum absolute atomic E-state index is 12.3. The zero-order valence-corrected chi connectivity index (χ0v) is 14.6. The fraction of sp³-hybridized carbons (Fsp3) is 0.444. The van der Waals surface area contributed by atoms with Crippen LogP contribution in [0.3, 0.4) is 0 Å². The monoisotopic (exact) mass is 346 g/mol. The van der Waals surface area contributed by atoms with Crippen molar-refractivity contribution >= 4 is 17.7 Å². The van der Waals surface area contributed by atoms with Crippen LogP contribution in [-0.4, -0.2) is 36.9 Å². The van der Waals surface area contributed by atoms with E-state index in [1.165, 1.54) is 6.92 Å². The summed E-state index contributed by atoms with van der Waals surface area (Å²) in [6.07, 6.45) is 0.153. The minimum absolute atomic E-state index is 0.0435. The third-order valence-electron chi connectivity index (χ3n) is 3.52. The number of aryl methyl sites for hydroxylation is 1. The highest BCUT2D eigenvalue weighted by molar-refractivity contribution is 5.95. The Morgan fingerprint density at radius 2 is 1.88 bits per heavy atom. The Hall–Kier alpha value is -2.88. The molecule has 1 rings (SSSR count). The van der Waals surface area contributed by atoms with Crippen molar-refractivity contribution in [3.63, 3.8) is 0 Å². The van der Waals surface area contributed by atoms with Crippen molar-refractivity contribution in [1.29, 1.82) is 5.26 Å². The van der Waals surface area contributed by atoms with Crippen LogP contribution in [0.1, 0.15) is 32.3 Å². The predicted octanol–water partition coefficient (Wildman–Crippen LogP) is 1.55. The highest BCUT2D eigenvalue weighted by Crippen LogP contribution is 2.17. The Morgan fingerprint density at radius 1 is 1.24 bits per heavy atom. The van der Waals surface area contributed by atoms with E-state index in [0.29, 0.717) is 12.2 Å². The van der Waals surface area contributed by atoms with E-state index < -0.39 is 23.8 Å². The second-order valence-corrected chi connectivity index (χ2v) is 5.48. The maximum Gasteiger partial charge on any atom is 0.347 e. The normalized spacial score (nSPS) is 12.4. The van der Waals surface area contributed by atoms with Gasteiger partial charge in [-0.25, -0.2) is 4.79 Å². The summed E-state index contributed by atoms with van der Waals surface area (Å²) >= 11 is 0. The summed E-state index contributed by atoms with van der Waals surface area (Å²) in [5.41, 5.74) is -1.06.